The van der Waals surface area contributed by atoms with Crippen LogP contribution in [0, 0.1) is 6.92 Å². The van der Waals surface area contributed by atoms with Crippen LogP contribution in [0.2, 0.25) is 0 Å². The monoisotopic (exact) mass is 338 g/mol. The molecule has 0 saturated carbocycles. The van der Waals surface area contributed by atoms with Crippen LogP contribution in [0.3, 0.4) is 0 Å². The van der Waals surface area contributed by atoms with Crippen LogP contribution in [0.1, 0.15) is 26.5 Å². The Balaban J connectivity index is 1.65. The van der Waals surface area contributed by atoms with Crippen molar-refractivity contribution in [2.45, 2.75) is 6.92 Å². The van der Waals surface area contributed by atoms with Gasteiger partial charge in [-0.25, -0.2) is 0 Å². The predicted octanol–water partition coefficient (Wildman–Crippen LogP) is 1.97. The molecule has 128 valence electrons. The Labute approximate surface area is 144 Å². The minimum Gasteiger partial charge on any atom is -0.322 e. The zero-order chi connectivity index (χ0) is 18.0. The van der Waals surface area contributed by atoms with Crippen LogP contribution in [0.5, 0.6) is 0 Å². The van der Waals surface area contributed by atoms with Crippen LogP contribution in [-0.2, 0) is 14.1 Å². The highest BCUT2D eigenvalue weighted by Gasteiger charge is 2.13. The second-order valence-electron chi connectivity index (χ2n) is 5.66. The van der Waals surface area contributed by atoms with Crippen LogP contribution >= 0.6 is 0 Å². The van der Waals surface area contributed by atoms with Crippen molar-refractivity contribution in [3.8, 4) is 0 Å². The number of carbonyl (C=O) groups is 2. The van der Waals surface area contributed by atoms with Crippen molar-refractivity contribution in [2.24, 2.45) is 14.1 Å². The van der Waals surface area contributed by atoms with Crippen molar-refractivity contribution >= 4 is 23.2 Å². The van der Waals surface area contributed by atoms with Crippen LogP contribution in [0.15, 0.2) is 42.7 Å². The van der Waals surface area contributed by atoms with E-state index in [1.165, 1.54) is 0 Å². The number of nitrogens with zero attached hydrogens (tertiary/aromatic N) is 4. The smallest absolute Gasteiger partial charge is 0.276 e. The fourth-order valence-electron chi connectivity index (χ4n) is 2.39. The fraction of sp³-hybridized carbons (Fsp3) is 0.176. The molecule has 1 aromatic carbocycles. The summed E-state index contributed by atoms with van der Waals surface area (Å²) in [5.41, 5.74) is 2.77. The van der Waals surface area contributed by atoms with Crippen LogP contribution in [0.4, 0.5) is 11.4 Å². The Morgan fingerprint density at radius 2 is 1.48 bits per heavy atom. The third-order valence-electron chi connectivity index (χ3n) is 3.60. The van der Waals surface area contributed by atoms with Crippen molar-refractivity contribution < 1.29 is 9.59 Å². The maximum atomic E-state index is 12.3. The van der Waals surface area contributed by atoms with E-state index in [0.29, 0.717) is 28.3 Å². The molecule has 0 spiro atoms. The van der Waals surface area contributed by atoms with Crippen LogP contribution < -0.4 is 10.6 Å². The highest BCUT2D eigenvalue weighted by molar-refractivity contribution is 6.05. The van der Waals surface area contributed by atoms with Gasteiger partial charge in [0.25, 0.3) is 11.8 Å². The number of anilines is 2. The van der Waals surface area contributed by atoms with Gasteiger partial charge in [-0.15, -0.1) is 0 Å². The summed E-state index contributed by atoms with van der Waals surface area (Å²) in [4.78, 5) is 24.3. The molecular weight excluding hydrogens is 320 g/mol. The summed E-state index contributed by atoms with van der Waals surface area (Å²) >= 11 is 0. The third kappa shape index (κ3) is 3.74. The van der Waals surface area contributed by atoms with Gasteiger partial charge in [0.05, 0.1) is 11.3 Å². The van der Waals surface area contributed by atoms with Gasteiger partial charge in [-0.2, -0.15) is 10.2 Å². The molecule has 0 fully saturated rings. The molecule has 0 aliphatic heterocycles. The molecule has 8 nitrogen and oxygen atoms in total. The second kappa shape index (κ2) is 6.60. The highest BCUT2D eigenvalue weighted by Crippen LogP contribution is 2.16. The Bertz CT molecular complexity index is 923. The molecular formula is C17H18N6O2. The van der Waals surface area contributed by atoms with Crippen LogP contribution in [0.25, 0.3) is 0 Å². The minimum atomic E-state index is -0.289. The molecule has 0 aliphatic carbocycles. The van der Waals surface area contributed by atoms with E-state index in [0.717, 1.165) is 0 Å². The predicted molar refractivity (Wildman–Crippen MR) is 93.5 cm³/mol. The largest absolute Gasteiger partial charge is 0.322 e. The first-order chi connectivity index (χ1) is 11.9. The molecule has 0 radical (unpaired) electrons. The van der Waals surface area contributed by atoms with E-state index >= 15 is 0 Å². The number of hydrogen-bond donors (Lipinski definition) is 2. The molecule has 0 saturated heterocycles. The SMILES string of the molecule is Cc1nn(C)cc1C(=O)Nc1ccc(NC(=O)c2ccn(C)n2)cc1. The lowest BCUT2D eigenvalue weighted by molar-refractivity contribution is 0.101. The van der Waals surface area contributed by atoms with Gasteiger partial charge in [0.15, 0.2) is 5.69 Å². The quantitative estimate of drug-likeness (QED) is 0.760. The lowest BCUT2D eigenvalue weighted by atomic mass is 10.2. The van der Waals surface area contributed by atoms with Crippen molar-refractivity contribution in [3.63, 3.8) is 0 Å². The van der Waals surface area contributed by atoms with Gasteiger partial charge in [-0.05, 0) is 37.3 Å². The third-order valence-corrected chi connectivity index (χ3v) is 3.60. The number of carbonyl (C=O) groups excluding carboxylic acids is 2. The minimum absolute atomic E-state index is 0.226. The van der Waals surface area contributed by atoms with Crippen molar-refractivity contribution in [3.05, 3.63) is 59.7 Å². The van der Waals surface area contributed by atoms with E-state index in [2.05, 4.69) is 20.8 Å². The van der Waals surface area contributed by atoms with Gasteiger partial charge in [-0.1, -0.05) is 0 Å². The topological polar surface area (TPSA) is 93.8 Å². The molecule has 0 bridgehead atoms. The molecule has 0 aliphatic rings. The number of hydrogen-bond acceptors (Lipinski definition) is 4. The lowest BCUT2D eigenvalue weighted by Crippen LogP contribution is -2.14. The normalized spacial score (nSPS) is 10.5. The van der Waals surface area contributed by atoms with Gasteiger partial charge in [0, 0.05) is 37.9 Å². The Kier molecular flexibility index (Phi) is 4.34. The summed E-state index contributed by atoms with van der Waals surface area (Å²) in [6.07, 6.45) is 3.38. The Morgan fingerprint density at radius 1 is 0.880 bits per heavy atom. The molecule has 3 rings (SSSR count). The summed E-state index contributed by atoms with van der Waals surface area (Å²) in [5.74, 6) is -0.515. The number of amides is 2. The van der Waals surface area contributed by atoms with Gasteiger partial charge in [-0.3, -0.25) is 19.0 Å². The van der Waals surface area contributed by atoms with Gasteiger partial charge in [0.1, 0.15) is 0 Å². The molecule has 2 aromatic heterocycles. The summed E-state index contributed by atoms with van der Waals surface area (Å²) in [7, 11) is 3.51. The van der Waals surface area contributed by atoms with E-state index in [4.69, 9.17) is 0 Å². The fourth-order valence-corrected chi connectivity index (χ4v) is 2.39. The van der Waals surface area contributed by atoms with Crippen molar-refractivity contribution in [1.29, 1.82) is 0 Å². The summed E-state index contributed by atoms with van der Waals surface area (Å²) in [6.45, 7) is 1.78. The lowest BCUT2D eigenvalue weighted by Gasteiger charge is -2.07. The zero-order valence-electron chi connectivity index (χ0n) is 14.1. The Morgan fingerprint density at radius 3 is 1.96 bits per heavy atom. The van der Waals surface area contributed by atoms with Crippen molar-refractivity contribution in [1.82, 2.24) is 19.6 Å². The first-order valence-electron chi connectivity index (χ1n) is 7.65. The highest BCUT2D eigenvalue weighted by atomic mass is 16.2. The first kappa shape index (κ1) is 16.4. The molecule has 0 unspecified atom stereocenters. The molecule has 0 atom stereocenters. The summed E-state index contributed by atoms with van der Waals surface area (Å²) < 4.78 is 3.16. The average Bonchev–Trinajstić information content (AvgIpc) is 3.14. The molecule has 2 heterocycles. The summed E-state index contributed by atoms with van der Waals surface area (Å²) in [5, 5.41) is 13.8. The van der Waals surface area contributed by atoms with E-state index < -0.39 is 0 Å². The zero-order valence-corrected chi connectivity index (χ0v) is 14.1. The average molecular weight is 338 g/mol. The molecule has 8 heteroatoms. The maximum absolute atomic E-state index is 12.3. The van der Waals surface area contributed by atoms with E-state index in [9.17, 15) is 9.59 Å². The van der Waals surface area contributed by atoms with E-state index in [1.54, 1.807) is 73.1 Å². The number of nitrogens with one attached hydrogen (secondary N) is 2. The molecule has 3 aromatic rings. The Hall–Kier alpha value is -3.42. The number of rotatable bonds is 4. The van der Waals surface area contributed by atoms with Gasteiger partial charge < -0.3 is 10.6 Å². The molecule has 2 N–H and O–H groups in total. The first-order valence-corrected chi connectivity index (χ1v) is 7.65. The second-order valence-corrected chi connectivity index (χ2v) is 5.66. The van der Waals surface area contributed by atoms with Crippen molar-refractivity contribution in [2.75, 3.05) is 10.6 Å². The van der Waals surface area contributed by atoms with Gasteiger partial charge >= 0.3 is 0 Å². The number of benzene rings is 1. The number of aromatic nitrogens is 4. The van der Waals surface area contributed by atoms with E-state index in [1.807, 2.05) is 0 Å². The van der Waals surface area contributed by atoms with Gasteiger partial charge in [0.2, 0.25) is 0 Å². The number of aryl methyl sites for hydroxylation is 3. The molecule has 25 heavy (non-hydrogen) atoms. The maximum Gasteiger partial charge on any atom is 0.276 e. The summed E-state index contributed by atoms with van der Waals surface area (Å²) in [6, 6.07) is 8.51. The van der Waals surface area contributed by atoms with Crippen LogP contribution in [-0.4, -0.2) is 31.4 Å². The van der Waals surface area contributed by atoms with E-state index in [-0.39, 0.29) is 11.8 Å². The molecule has 2 amide bonds. The standard InChI is InChI=1S/C17H18N6O2/c1-11-14(10-23(3)20-11)16(24)18-12-4-6-13(7-5-12)19-17(25)15-8-9-22(2)21-15/h4-10H,1-3H3,(H,18,24)(H,19,25).